The Morgan fingerprint density at radius 1 is 1.09 bits per heavy atom. The molecule has 3 rings (SSSR count). The van der Waals surface area contributed by atoms with Gasteiger partial charge in [0.2, 0.25) is 0 Å². The molecule has 126 valence electrons. The molecule has 1 N–H and O–H groups in total. The third-order valence-electron chi connectivity index (χ3n) is 5.23. The van der Waals surface area contributed by atoms with Crippen molar-refractivity contribution in [3.05, 3.63) is 29.3 Å². The summed E-state index contributed by atoms with van der Waals surface area (Å²) in [5.74, 6) is 0.941. The summed E-state index contributed by atoms with van der Waals surface area (Å²) in [4.78, 5) is 12.5. The third-order valence-corrected chi connectivity index (χ3v) is 5.23. The molecule has 0 saturated heterocycles. The number of benzene rings is 1. The summed E-state index contributed by atoms with van der Waals surface area (Å²) in [6, 6.07) is 6.59. The van der Waals surface area contributed by atoms with Gasteiger partial charge in [-0.05, 0) is 62.6 Å². The molecule has 1 fully saturated rings. The Labute approximate surface area is 139 Å². The van der Waals surface area contributed by atoms with Crippen molar-refractivity contribution in [2.75, 3.05) is 0 Å². The number of fused-ring (bicyclic) bond motifs is 1. The minimum Gasteiger partial charge on any atom is -0.481 e. The fourth-order valence-corrected chi connectivity index (χ4v) is 3.84. The molecule has 0 bridgehead atoms. The number of carbonyl (C=O) groups excluding carboxylic acids is 1. The number of amides is 1. The molecule has 1 amide bonds. The molecule has 1 aromatic carbocycles. The van der Waals surface area contributed by atoms with Crippen LogP contribution < -0.4 is 10.1 Å². The Kier molecular flexibility index (Phi) is 5.58. The normalized spacial score (nSPS) is 20.2. The fraction of sp³-hybridized carbons (Fsp3) is 0.650. The average Bonchev–Trinajstić information content (AvgIpc) is 2.84. The molecular weight excluding hydrogens is 286 g/mol. The first-order valence-corrected chi connectivity index (χ1v) is 9.32. The van der Waals surface area contributed by atoms with Crippen LogP contribution in [0, 0.1) is 0 Å². The van der Waals surface area contributed by atoms with E-state index in [0.717, 1.165) is 31.4 Å². The maximum Gasteiger partial charge on any atom is 0.260 e. The van der Waals surface area contributed by atoms with Crippen LogP contribution in [0.2, 0.25) is 0 Å². The number of rotatable bonds is 4. The maximum absolute atomic E-state index is 12.5. The highest BCUT2D eigenvalue weighted by atomic mass is 16.5. The first-order valence-electron chi connectivity index (χ1n) is 9.32. The molecule has 2 aliphatic rings. The minimum atomic E-state index is -0.424. The van der Waals surface area contributed by atoms with Crippen LogP contribution in [-0.4, -0.2) is 18.1 Å². The standard InChI is InChI=1S/C20H29NO2/c1-15(20(22)21-17-11-4-2-3-5-12-17)23-19-14-8-10-16-9-6-7-13-18(16)19/h8,10,14-15,17H,2-7,9,11-13H2,1H3,(H,21,22)/t15-/m1/s1. The SMILES string of the molecule is C[C@@H](Oc1cccc2c1CCCC2)C(=O)NC1CCCCCC1. The molecule has 1 saturated carbocycles. The van der Waals surface area contributed by atoms with Crippen molar-refractivity contribution in [2.24, 2.45) is 0 Å². The Morgan fingerprint density at radius 3 is 2.61 bits per heavy atom. The molecule has 2 aliphatic carbocycles. The van der Waals surface area contributed by atoms with Gasteiger partial charge in [0.15, 0.2) is 6.10 Å². The van der Waals surface area contributed by atoms with Gasteiger partial charge in [-0.15, -0.1) is 0 Å². The topological polar surface area (TPSA) is 38.3 Å². The lowest BCUT2D eigenvalue weighted by Gasteiger charge is -2.23. The van der Waals surface area contributed by atoms with E-state index in [2.05, 4.69) is 17.4 Å². The summed E-state index contributed by atoms with van der Waals surface area (Å²) < 4.78 is 6.04. The van der Waals surface area contributed by atoms with Crippen LogP contribution >= 0.6 is 0 Å². The molecule has 0 aliphatic heterocycles. The molecule has 3 nitrogen and oxygen atoms in total. The summed E-state index contributed by atoms with van der Waals surface area (Å²) in [5, 5.41) is 3.19. The predicted octanol–water partition coefficient (Wildman–Crippen LogP) is 4.17. The minimum absolute atomic E-state index is 0.0327. The zero-order chi connectivity index (χ0) is 16.1. The molecule has 1 atom stereocenters. The maximum atomic E-state index is 12.5. The molecule has 0 aromatic heterocycles. The van der Waals surface area contributed by atoms with Crippen molar-refractivity contribution in [3.63, 3.8) is 0 Å². The summed E-state index contributed by atoms with van der Waals surface area (Å²) in [6.07, 6.45) is 11.5. The van der Waals surface area contributed by atoms with Crippen molar-refractivity contribution >= 4 is 5.91 Å². The lowest BCUT2D eigenvalue weighted by molar-refractivity contribution is -0.128. The van der Waals surface area contributed by atoms with E-state index in [1.165, 1.54) is 49.7 Å². The van der Waals surface area contributed by atoms with E-state index < -0.39 is 6.10 Å². The Bertz CT molecular complexity index is 532. The quantitative estimate of drug-likeness (QED) is 0.847. The van der Waals surface area contributed by atoms with Gasteiger partial charge in [0, 0.05) is 6.04 Å². The smallest absolute Gasteiger partial charge is 0.260 e. The summed E-state index contributed by atoms with van der Waals surface area (Å²) in [6.45, 7) is 1.87. The Morgan fingerprint density at radius 2 is 1.83 bits per heavy atom. The van der Waals surface area contributed by atoms with Crippen molar-refractivity contribution in [1.82, 2.24) is 5.32 Å². The van der Waals surface area contributed by atoms with Crippen LogP contribution in [0.25, 0.3) is 0 Å². The average molecular weight is 315 g/mol. The molecule has 0 heterocycles. The summed E-state index contributed by atoms with van der Waals surface area (Å²) in [5.41, 5.74) is 2.71. The molecule has 3 heteroatoms. The number of ether oxygens (including phenoxy) is 1. The first kappa shape index (κ1) is 16.4. The van der Waals surface area contributed by atoms with Gasteiger partial charge >= 0.3 is 0 Å². The van der Waals surface area contributed by atoms with E-state index >= 15 is 0 Å². The van der Waals surface area contributed by atoms with E-state index in [1.807, 2.05) is 13.0 Å². The monoisotopic (exact) mass is 315 g/mol. The van der Waals surface area contributed by atoms with Crippen molar-refractivity contribution in [1.29, 1.82) is 0 Å². The van der Waals surface area contributed by atoms with Gasteiger partial charge in [-0.2, -0.15) is 0 Å². The van der Waals surface area contributed by atoms with Crippen LogP contribution in [0.1, 0.15) is 69.4 Å². The van der Waals surface area contributed by atoms with Gasteiger partial charge in [-0.3, -0.25) is 4.79 Å². The van der Waals surface area contributed by atoms with Gasteiger partial charge in [0.1, 0.15) is 5.75 Å². The number of aryl methyl sites for hydroxylation is 1. The zero-order valence-electron chi connectivity index (χ0n) is 14.3. The zero-order valence-corrected chi connectivity index (χ0v) is 14.3. The lowest BCUT2D eigenvalue weighted by Crippen LogP contribution is -2.42. The van der Waals surface area contributed by atoms with E-state index in [0.29, 0.717) is 6.04 Å². The third kappa shape index (κ3) is 4.27. The van der Waals surface area contributed by atoms with E-state index in [9.17, 15) is 4.79 Å². The van der Waals surface area contributed by atoms with Gasteiger partial charge in [0.25, 0.3) is 5.91 Å². The molecule has 0 radical (unpaired) electrons. The summed E-state index contributed by atoms with van der Waals surface area (Å²) in [7, 11) is 0. The van der Waals surface area contributed by atoms with Gasteiger partial charge in [0.05, 0.1) is 0 Å². The molecule has 23 heavy (non-hydrogen) atoms. The number of nitrogens with one attached hydrogen (secondary N) is 1. The van der Waals surface area contributed by atoms with Crippen LogP contribution in [0.5, 0.6) is 5.75 Å². The predicted molar refractivity (Wildman–Crippen MR) is 92.8 cm³/mol. The molecule has 0 unspecified atom stereocenters. The largest absolute Gasteiger partial charge is 0.481 e. The number of hydrogen-bond acceptors (Lipinski definition) is 2. The lowest BCUT2D eigenvalue weighted by atomic mass is 9.91. The first-order chi connectivity index (χ1) is 11.2. The van der Waals surface area contributed by atoms with Gasteiger partial charge in [-0.25, -0.2) is 0 Å². The highest BCUT2D eigenvalue weighted by Gasteiger charge is 2.22. The van der Waals surface area contributed by atoms with E-state index in [1.54, 1.807) is 0 Å². The Balaban J connectivity index is 1.60. The van der Waals surface area contributed by atoms with Crippen molar-refractivity contribution < 1.29 is 9.53 Å². The van der Waals surface area contributed by atoms with Gasteiger partial charge in [-0.1, -0.05) is 37.8 Å². The van der Waals surface area contributed by atoms with E-state index in [-0.39, 0.29) is 5.91 Å². The highest BCUT2D eigenvalue weighted by molar-refractivity contribution is 5.81. The molecular formula is C20H29NO2. The number of hydrogen-bond donors (Lipinski definition) is 1. The van der Waals surface area contributed by atoms with Crippen molar-refractivity contribution in [2.45, 2.75) is 83.3 Å². The van der Waals surface area contributed by atoms with Crippen molar-refractivity contribution in [3.8, 4) is 5.75 Å². The van der Waals surface area contributed by atoms with Gasteiger partial charge < -0.3 is 10.1 Å². The fourth-order valence-electron chi connectivity index (χ4n) is 3.84. The molecule has 1 aromatic rings. The second-order valence-corrected chi connectivity index (χ2v) is 7.06. The number of carbonyl (C=O) groups is 1. The second kappa shape index (κ2) is 7.85. The Hall–Kier alpha value is -1.51. The van der Waals surface area contributed by atoms with Crippen LogP contribution in [0.15, 0.2) is 18.2 Å². The van der Waals surface area contributed by atoms with E-state index in [4.69, 9.17) is 4.74 Å². The second-order valence-electron chi connectivity index (χ2n) is 7.06. The van der Waals surface area contributed by atoms with Crippen LogP contribution in [0.4, 0.5) is 0 Å². The van der Waals surface area contributed by atoms with Crippen LogP contribution in [-0.2, 0) is 17.6 Å². The van der Waals surface area contributed by atoms with Crippen LogP contribution in [0.3, 0.4) is 0 Å². The summed E-state index contributed by atoms with van der Waals surface area (Å²) >= 11 is 0. The molecule has 0 spiro atoms. The highest BCUT2D eigenvalue weighted by Crippen LogP contribution is 2.30.